The molecule has 5 aromatic carbocycles. The van der Waals surface area contributed by atoms with E-state index in [2.05, 4.69) is 121 Å². The summed E-state index contributed by atoms with van der Waals surface area (Å²) in [6.07, 6.45) is 13.2. The molecule has 0 saturated heterocycles. The van der Waals surface area contributed by atoms with Gasteiger partial charge in [0, 0.05) is 0 Å². The van der Waals surface area contributed by atoms with Crippen molar-refractivity contribution in [3.05, 3.63) is 143 Å². The quantitative estimate of drug-likeness (QED) is 0.230. The number of allylic oxidation sites excluding steroid dienone is 3. The average Bonchev–Trinajstić information content (AvgIpc) is 3.80. The van der Waals surface area contributed by atoms with Crippen molar-refractivity contribution < 1.29 is 0 Å². The lowest BCUT2D eigenvalue weighted by atomic mass is 9.80. The fourth-order valence-corrected chi connectivity index (χ4v) is 7.27. The van der Waals surface area contributed by atoms with Crippen LogP contribution in [0.15, 0.2) is 115 Å². The summed E-state index contributed by atoms with van der Waals surface area (Å²) in [6.45, 7) is 0. The van der Waals surface area contributed by atoms with Gasteiger partial charge in [-0.05, 0) is 110 Å². The van der Waals surface area contributed by atoms with E-state index in [4.69, 9.17) is 0 Å². The van der Waals surface area contributed by atoms with E-state index in [1.54, 1.807) is 16.7 Å². The van der Waals surface area contributed by atoms with E-state index < -0.39 is 0 Å². The first-order valence-corrected chi connectivity index (χ1v) is 14.5. The average molecular weight is 501 g/mol. The summed E-state index contributed by atoms with van der Waals surface area (Å²) < 4.78 is 0. The van der Waals surface area contributed by atoms with Gasteiger partial charge in [-0.3, -0.25) is 0 Å². The summed E-state index contributed by atoms with van der Waals surface area (Å²) in [4.78, 5) is 0. The molecule has 0 spiro atoms. The van der Waals surface area contributed by atoms with Gasteiger partial charge in [0.1, 0.15) is 0 Å². The molecule has 2 atom stereocenters. The lowest BCUT2D eigenvalue weighted by Crippen LogP contribution is -2.05. The molecule has 8 rings (SSSR count). The number of fused-ring (bicyclic) bond motifs is 5. The minimum absolute atomic E-state index is 0.810. The molecular weight excluding hydrogens is 468 g/mol. The minimum atomic E-state index is 0.810. The molecule has 39 heavy (non-hydrogen) atoms. The molecule has 3 aliphatic carbocycles. The van der Waals surface area contributed by atoms with Crippen LogP contribution in [-0.4, -0.2) is 0 Å². The molecule has 1 saturated carbocycles. The summed E-state index contributed by atoms with van der Waals surface area (Å²) in [5.74, 6) is 1.67. The van der Waals surface area contributed by atoms with E-state index in [0.717, 1.165) is 31.1 Å². The lowest BCUT2D eigenvalue weighted by Gasteiger charge is -2.24. The topological polar surface area (TPSA) is 0 Å². The predicted octanol–water partition coefficient (Wildman–Crippen LogP) is 10.3. The maximum atomic E-state index is 2.57. The van der Waals surface area contributed by atoms with Gasteiger partial charge < -0.3 is 0 Å². The number of rotatable bonds is 4. The zero-order chi connectivity index (χ0) is 25.8. The van der Waals surface area contributed by atoms with Crippen molar-refractivity contribution >= 4 is 22.4 Å². The molecule has 3 aliphatic rings. The van der Waals surface area contributed by atoms with Crippen LogP contribution in [-0.2, 0) is 12.8 Å². The van der Waals surface area contributed by atoms with Gasteiger partial charge in [-0.1, -0.05) is 121 Å². The molecule has 0 nitrogen and oxygen atoms in total. The van der Waals surface area contributed by atoms with Crippen LogP contribution in [0.1, 0.15) is 53.0 Å². The third-order valence-corrected chi connectivity index (χ3v) is 9.27. The van der Waals surface area contributed by atoms with Crippen molar-refractivity contribution in [2.75, 3.05) is 0 Å². The van der Waals surface area contributed by atoms with E-state index in [1.165, 1.54) is 62.6 Å². The highest BCUT2D eigenvalue weighted by Crippen LogP contribution is 2.57. The smallest absolute Gasteiger partial charge is 0.00300 e. The van der Waals surface area contributed by atoms with Crippen molar-refractivity contribution in [2.45, 2.75) is 38.0 Å². The molecule has 0 bridgehead atoms. The SMILES string of the molecule is C1=Cc2c(c(C/C=C3\CC4CC4c4ccccc43)c3ccccc3c2-c2ccc(-c3ccccc3)cc2)CC1. The first kappa shape index (κ1) is 22.8. The number of hydrogen-bond donors (Lipinski definition) is 0. The van der Waals surface area contributed by atoms with Crippen LogP contribution < -0.4 is 0 Å². The zero-order valence-electron chi connectivity index (χ0n) is 22.2. The molecule has 0 N–H and O–H groups in total. The van der Waals surface area contributed by atoms with Gasteiger partial charge in [-0.25, -0.2) is 0 Å². The highest BCUT2D eigenvalue weighted by molar-refractivity contribution is 6.04. The van der Waals surface area contributed by atoms with Crippen molar-refractivity contribution in [1.29, 1.82) is 0 Å². The molecule has 0 heteroatoms. The summed E-state index contributed by atoms with van der Waals surface area (Å²) in [5.41, 5.74) is 14.4. The zero-order valence-corrected chi connectivity index (χ0v) is 22.2. The molecule has 0 aromatic heterocycles. The molecule has 1 fully saturated rings. The first-order chi connectivity index (χ1) is 19.3. The van der Waals surface area contributed by atoms with Crippen LogP contribution in [0.25, 0.3) is 44.7 Å². The van der Waals surface area contributed by atoms with Crippen LogP contribution in [0.5, 0.6) is 0 Å². The van der Waals surface area contributed by atoms with Gasteiger partial charge in [0.05, 0.1) is 0 Å². The maximum absolute atomic E-state index is 2.57. The van der Waals surface area contributed by atoms with Crippen LogP contribution in [0.3, 0.4) is 0 Å². The standard InChI is InChI=1S/C39H32/c1-2-10-26(11-3-1)27-18-20-28(21-19-27)39-36-16-8-6-14-33(36)35(34-15-7-9-17-37(34)39)23-22-29-24-30-25-38(30)32-13-5-4-12-31(29)32/h1-6,8-14,16-22,30,38H,7,15,23-25H2/b29-22+. The Hall–Kier alpha value is -4.16. The van der Waals surface area contributed by atoms with Crippen molar-refractivity contribution in [3.8, 4) is 22.3 Å². The second-order valence-corrected chi connectivity index (χ2v) is 11.5. The van der Waals surface area contributed by atoms with Gasteiger partial charge in [0.15, 0.2) is 0 Å². The predicted molar refractivity (Wildman–Crippen MR) is 166 cm³/mol. The number of hydrogen-bond acceptors (Lipinski definition) is 0. The molecule has 2 unspecified atom stereocenters. The summed E-state index contributed by atoms with van der Waals surface area (Å²) in [5, 5.41) is 2.79. The Morgan fingerprint density at radius 1 is 0.692 bits per heavy atom. The summed E-state index contributed by atoms with van der Waals surface area (Å²) >= 11 is 0. The molecule has 0 amide bonds. The Labute approximate surface area is 231 Å². The third kappa shape index (κ3) is 3.90. The minimum Gasteiger partial charge on any atom is -0.0836 e. The second kappa shape index (κ2) is 9.24. The van der Waals surface area contributed by atoms with Crippen molar-refractivity contribution in [3.63, 3.8) is 0 Å². The maximum Gasteiger partial charge on any atom is -0.00300 e. The summed E-state index contributed by atoms with van der Waals surface area (Å²) in [6, 6.07) is 38.1. The molecule has 188 valence electrons. The van der Waals surface area contributed by atoms with Crippen molar-refractivity contribution in [1.82, 2.24) is 0 Å². The van der Waals surface area contributed by atoms with Gasteiger partial charge in [0.25, 0.3) is 0 Å². The third-order valence-electron chi connectivity index (χ3n) is 9.27. The van der Waals surface area contributed by atoms with E-state index in [0.29, 0.717) is 0 Å². The highest BCUT2D eigenvalue weighted by atomic mass is 14.5. The fraction of sp³-hybridized carbons (Fsp3) is 0.179. The number of benzene rings is 5. The molecule has 0 aliphatic heterocycles. The Morgan fingerprint density at radius 3 is 2.28 bits per heavy atom. The van der Waals surface area contributed by atoms with Gasteiger partial charge in [-0.2, -0.15) is 0 Å². The Balaban J connectivity index is 1.25. The van der Waals surface area contributed by atoms with Crippen LogP contribution in [0.4, 0.5) is 0 Å². The molecule has 0 radical (unpaired) electrons. The Morgan fingerprint density at radius 2 is 1.41 bits per heavy atom. The summed E-state index contributed by atoms with van der Waals surface area (Å²) in [7, 11) is 0. The fourth-order valence-electron chi connectivity index (χ4n) is 7.27. The molecule has 5 aromatic rings. The van der Waals surface area contributed by atoms with Gasteiger partial charge in [-0.15, -0.1) is 0 Å². The van der Waals surface area contributed by atoms with Crippen LogP contribution >= 0.6 is 0 Å². The highest BCUT2D eigenvalue weighted by Gasteiger charge is 2.43. The monoisotopic (exact) mass is 500 g/mol. The molecular formula is C39H32. The van der Waals surface area contributed by atoms with Crippen LogP contribution in [0.2, 0.25) is 0 Å². The second-order valence-electron chi connectivity index (χ2n) is 11.5. The van der Waals surface area contributed by atoms with Gasteiger partial charge >= 0.3 is 0 Å². The van der Waals surface area contributed by atoms with E-state index in [1.807, 2.05) is 0 Å². The Kier molecular flexibility index (Phi) is 5.40. The first-order valence-electron chi connectivity index (χ1n) is 14.5. The van der Waals surface area contributed by atoms with Gasteiger partial charge in [0.2, 0.25) is 0 Å². The van der Waals surface area contributed by atoms with E-state index >= 15 is 0 Å². The largest absolute Gasteiger partial charge is 0.0836 e. The van der Waals surface area contributed by atoms with Crippen molar-refractivity contribution in [2.24, 2.45) is 5.92 Å². The molecule has 0 heterocycles. The van der Waals surface area contributed by atoms with E-state index in [-0.39, 0.29) is 0 Å². The lowest BCUT2D eigenvalue weighted by molar-refractivity contribution is 0.804. The Bertz CT molecular complexity index is 1770. The van der Waals surface area contributed by atoms with E-state index in [9.17, 15) is 0 Å². The van der Waals surface area contributed by atoms with Crippen LogP contribution in [0, 0.1) is 5.92 Å². The normalized spacial score (nSPS) is 19.9.